The zero-order valence-electron chi connectivity index (χ0n) is 21.1. The summed E-state index contributed by atoms with van der Waals surface area (Å²) in [5.74, 6) is -0.358. The lowest BCUT2D eigenvalue weighted by molar-refractivity contribution is -0.137. The van der Waals surface area contributed by atoms with Crippen LogP contribution in [0.25, 0.3) is 0 Å². The maximum Gasteiger partial charge on any atom is 0.226 e. The Balaban J connectivity index is 1.61. The van der Waals surface area contributed by atoms with Crippen LogP contribution in [0.2, 0.25) is 0 Å². The molecule has 0 aromatic heterocycles. The third-order valence-electron chi connectivity index (χ3n) is 6.56. The average Bonchev–Trinajstić information content (AvgIpc) is 2.78. The first-order chi connectivity index (χ1) is 16.0. The summed E-state index contributed by atoms with van der Waals surface area (Å²) in [6.45, 7) is 7.50. The fourth-order valence-electron chi connectivity index (χ4n) is 3.50. The molecule has 8 nitrogen and oxygen atoms in total. The van der Waals surface area contributed by atoms with Crippen molar-refractivity contribution in [3.05, 3.63) is 35.9 Å². The molecule has 0 heterocycles. The van der Waals surface area contributed by atoms with E-state index in [1.807, 2.05) is 32.0 Å². The molecule has 0 unspecified atom stereocenters. The molecule has 1 aliphatic rings. The molecule has 0 aliphatic heterocycles. The Morgan fingerprint density at radius 2 is 1.50 bits per heavy atom. The second kappa shape index (κ2) is 13.0. The van der Waals surface area contributed by atoms with Crippen molar-refractivity contribution in [2.45, 2.75) is 83.3 Å². The predicted octanol–water partition coefficient (Wildman–Crippen LogP) is 2.18. The molecule has 1 saturated carbocycles. The fourth-order valence-corrected chi connectivity index (χ4v) is 3.50. The summed E-state index contributed by atoms with van der Waals surface area (Å²) in [4.78, 5) is 12.6. The molecule has 4 N–H and O–H groups in total. The Morgan fingerprint density at radius 3 is 2.09 bits per heavy atom. The first kappa shape index (κ1) is 28.7. The van der Waals surface area contributed by atoms with Gasteiger partial charge in [-0.25, -0.2) is 0 Å². The maximum atomic E-state index is 12.6. The Bertz CT molecular complexity index is 720. The van der Waals surface area contributed by atoms with Gasteiger partial charge in [0.25, 0.3) is 0 Å². The van der Waals surface area contributed by atoms with Gasteiger partial charge >= 0.3 is 0 Å². The van der Waals surface area contributed by atoms with Gasteiger partial charge in [0.05, 0.1) is 44.2 Å². The Hall–Kier alpha value is -1.55. The quantitative estimate of drug-likeness (QED) is 0.286. The maximum absolute atomic E-state index is 12.6. The van der Waals surface area contributed by atoms with Crippen molar-refractivity contribution >= 4 is 5.91 Å². The molecule has 1 fully saturated rings. The lowest BCUT2D eigenvalue weighted by Crippen LogP contribution is -2.59. The van der Waals surface area contributed by atoms with Gasteiger partial charge in [0.2, 0.25) is 5.91 Å². The van der Waals surface area contributed by atoms with E-state index in [9.17, 15) is 20.1 Å². The molecule has 1 aromatic carbocycles. The largest absolute Gasteiger partial charge is 0.394 e. The Kier molecular flexibility index (Phi) is 10.9. The van der Waals surface area contributed by atoms with Crippen LogP contribution < -0.4 is 5.32 Å². The van der Waals surface area contributed by atoms with E-state index in [4.69, 9.17) is 14.2 Å². The van der Waals surface area contributed by atoms with Crippen molar-refractivity contribution in [3.8, 4) is 0 Å². The van der Waals surface area contributed by atoms with Crippen LogP contribution in [-0.2, 0) is 25.6 Å². The molecular weight excluding hydrogens is 438 g/mol. The number of carbonyl (C=O) groups is 1. The van der Waals surface area contributed by atoms with Crippen molar-refractivity contribution < 1.29 is 34.3 Å². The van der Waals surface area contributed by atoms with E-state index in [0.29, 0.717) is 26.2 Å². The SMILES string of the molecule is CC(C)(CCOC1CC(OCc2ccccc2)C1)OCCC(C)(C)C(=O)NC(CO)(CO)CO. The monoisotopic (exact) mass is 481 g/mol. The summed E-state index contributed by atoms with van der Waals surface area (Å²) >= 11 is 0. The minimum Gasteiger partial charge on any atom is -0.394 e. The summed E-state index contributed by atoms with van der Waals surface area (Å²) in [6, 6.07) is 10.2. The number of amides is 1. The smallest absolute Gasteiger partial charge is 0.226 e. The number of ether oxygens (including phenoxy) is 3. The van der Waals surface area contributed by atoms with E-state index < -0.39 is 36.4 Å². The summed E-state index contributed by atoms with van der Waals surface area (Å²) in [7, 11) is 0. The summed E-state index contributed by atoms with van der Waals surface area (Å²) in [5.41, 5.74) is -1.44. The van der Waals surface area contributed by atoms with Crippen LogP contribution in [0.5, 0.6) is 0 Å². The van der Waals surface area contributed by atoms with Crippen LogP contribution in [0, 0.1) is 5.41 Å². The van der Waals surface area contributed by atoms with Gasteiger partial charge in [0.1, 0.15) is 5.54 Å². The van der Waals surface area contributed by atoms with Crippen LogP contribution in [0.3, 0.4) is 0 Å². The van der Waals surface area contributed by atoms with Crippen LogP contribution in [0.4, 0.5) is 0 Å². The molecular formula is C26H43NO7. The van der Waals surface area contributed by atoms with Gasteiger partial charge < -0.3 is 34.8 Å². The van der Waals surface area contributed by atoms with Crippen molar-refractivity contribution in [3.63, 3.8) is 0 Å². The molecule has 1 amide bonds. The molecule has 1 aromatic rings. The molecule has 0 saturated heterocycles. The molecule has 8 heteroatoms. The van der Waals surface area contributed by atoms with Crippen molar-refractivity contribution in [2.24, 2.45) is 5.41 Å². The number of rotatable bonds is 16. The van der Waals surface area contributed by atoms with E-state index in [2.05, 4.69) is 17.4 Å². The molecule has 34 heavy (non-hydrogen) atoms. The van der Waals surface area contributed by atoms with Crippen molar-refractivity contribution in [1.29, 1.82) is 0 Å². The average molecular weight is 482 g/mol. The third kappa shape index (κ3) is 8.91. The van der Waals surface area contributed by atoms with Crippen LogP contribution >= 0.6 is 0 Å². The highest BCUT2D eigenvalue weighted by molar-refractivity contribution is 5.82. The van der Waals surface area contributed by atoms with Gasteiger partial charge in [-0.15, -0.1) is 0 Å². The van der Waals surface area contributed by atoms with E-state index in [1.54, 1.807) is 13.8 Å². The normalized spacial score (nSPS) is 19.0. The standard InChI is InChI=1S/C26H43NO7/c1-24(2,23(31)27-26(17-28,18-29)19-30)10-13-34-25(3,4)11-12-32-21-14-22(15-21)33-16-20-8-6-5-7-9-20/h5-9,21-22,28-30H,10-19H2,1-4H3,(H,27,31). The second-order valence-corrected chi connectivity index (χ2v) is 10.6. The Labute approximate surface area is 203 Å². The van der Waals surface area contributed by atoms with Crippen molar-refractivity contribution in [2.75, 3.05) is 33.0 Å². The topological polar surface area (TPSA) is 117 Å². The number of aliphatic hydroxyl groups excluding tert-OH is 3. The van der Waals surface area contributed by atoms with Crippen LogP contribution in [0.15, 0.2) is 30.3 Å². The number of nitrogens with one attached hydrogen (secondary N) is 1. The highest BCUT2D eigenvalue weighted by Crippen LogP contribution is 2.29. The first-order valence-electron chi connectivity index (χ1n) is 12.1. The lowest BCUT2D eigenvalue weighted by Gasteiger charge is -2.36. The predicted molar refractivity (Wildman–Crippen MR) is 129 cm³/mol. The zero-order chi connectivity index (χ0) is 25.2. The minimum atomic E-state index is -1.43. The molecule has 0 atom stereocenters. The molecule has 0 radical (unpaired) electrons. The number of hydrogen-bond acceptors (Lipinski definition) is 7. The number of carbonyl (C=O) groups excluding carboxylic acids is 1. The van der Waals surface area contributed by atoms with Gasteiger partial charge in [-0.1, -0.05) is 44.2 Å². The third-order valence-corrected chi connectivity index (χ3v) is 6.56. The first-order valence-corrected chi connectivity index (χ1v) is 12.1. The highest BCUT2D eigenvalue weighted by atomic mass is 16.5. The van der Waals surface area contributed by atoms with Crippen molar-refractivity contribution in [1.82, 2.24) is 5.32 Å². The number of aliphatic hydroxyl groups is 3. The van der Waals surface area contributed by atoms with E-state index in [0.717, 1.165) is 19.3 Å². The summed E-state index contributed by atoms with van der Waals surface area (Å²) < 4.78 is 17.9. The molecule has 1 aliphatic carbocycles. The number of hydrogen-bond donors (Lipinski definition) is 4. The van der Waals surface area contributed by atoms with Gasteiger partial charge in [-0.2, -0.15) is 0 Å². The highest BCUT2D eigenvalue weighted by Gasteiger charge is 2.36. The molecule has 0 spiro atoms. The van der Waals surface area contributed by atoms with Crippen LogP contribution in [-0.4, -0.2) is 77.6 Å². The lowest BCUT2D eigenvalue weighted by atomic mass is 9.87. The molecule has 2 rings (SSSR count). The van der Waals surface area contributed by atoms with E-state index in [1.165, 1.54) is 5.56 Å². The van der Waals surface area contributed by atoms with E-state index in [-0.39, 0.29) is 18.1 Å². The summed E-state index contributed by atoms with van der Waals surface area (Å²) in [6.07, 6.45) is 3.48. The van der Waals surface area contributed by atoms with Gasteiger partial charge in [0.15, 0.2) is 0 Å². The van der Waals surface area contributed by atoms with Gasteiger partial charge in [-0.3, -0.25) is 4.79 Å². The van der Waals surface area contributed by atoms with Gasteiger partial charge in [0, 0.05) is 18.6 Å². The van der Waals surface area contributed by atoms with Gasteiger partial charge in [-0.05, 0) is 45.1 Å². The molecule has 194 valence electrons. The minimum absolute atomic E-state index is 0.226. The van der Waals surface area contributed by atoms with Crippen LogP contribution in [0.1, 0.15) is 58.9 Å². The zero-order valence-corrected chi connectivity index (χ0v) is 21.1. The van der Waals surface area contributed by atoms with E-state index >= 15 is 0 Å². The second-order valence-electron chi connectivity index (χ2n) is 10.6. The fraction of sp³-hybridized carbons (Fsp3) is 0.731. The summed E-state index contributed by atoms with van der Waals surface area (Å²) in [5, 5.41) is 30.9. The molecule has 0 bridgehead atoms. The Morgan fingerprint density at radius 1 is 0.912 bits per heavy atom. The number of benzene rings is 1.